The van der Waals surface area contributed by atoms with Crippen LogP contribution in [-0.2, 0) is 11.2 Å². The highest BCUT2D eigenvalue weighted by atomic mass is 35.5. The number of carbonyl (C=O) groups excluding carboxylic acids is 1. The standard InChI is InChI=1S/C12H13ClF3NO2/c13-5-6-17(8-12(14,15)16)11(19)7-9-3-1-2-4-10(9)18/h1-4,18H,5-8H2. The number of amides is 1. The van der Waals surface area contributed by atoms with Crippen LogP contribution in [0.1, 0.15) is 5.56 Å². The van der Waals surface area contributed by atoms with Crippen LogP contribution >= 0.6 is 11.6 Å². The van der Waals surface area contributed by atoms with E-state index in [1.807, 2.05) is 0 Å². The third-order valence-corrected chi connectivity index (χ3v) is 2.58. The summed E-state index contributed by atoms with van der Waals surface area (Å²) in [5.74, 6) is -0.920. The van der Waals surface area contributed by atoms with Crippen LogP contribution in [0.3, 0.4) is 0 Å². The van der Waals surface area contributed by atoms with Crippen LogP contribution in [0.5, 0.6) is 5.75 Å². The lowest BCUT2D eigenvalue weighted by Gasteiger charge is -2.23. The van der Waals surface area contributed by atoms with E-state index < -0.39 is 18.6 Å². The maximum Gasteiger partial charge on any atom is 0.406 e. The topological polar surface area (TPSA) is 40.5 Å². The highest BCUT2D eigenvalue weighted by molar-refractivity contribution is 6.18. The molecule has 7 heteroatoms. The molecule has 0 saturated heterocycles. The molecular formula is C12H13ClF3NO2. The monoisotopic (exact) mass is 295 g/mol. The Hall–Kier alpha value is -1.43. The van der Waals surface area contributed by atoms with Crippen molar-refractivity contribution in [1.29, 1.82) is 0 Å². The summed E-state index contributed by atoms with van der Waals surface area (Å²) in [6.45, 7) is -1.53. The summed E-state index contributed by atoms with van der Waals surface area (Å²) in [6.07, 6.45) is -4.76. The van der Waals surface area contributed by atoms with Gasteiger partial charge in [-0.25, -0.2) is 0 Å². The van der Waals surface area contributed by atoms with Crippen molar-refractivity contribution in [1.82, 2.24) is 4.90 Å². The maximum absolute atomic E-state index is 12.3. The first-order chi connectivity index (χ1) is 8.83. The number of aromatic hydroxyl groups is 1. The van der Waals surface area contributed by atoms with E-state index in [4.69, 9.17) is 11.6 Å². The minimum Gasteiger partial charge on any atom is -0.508 e. The van der Waals surface area contributed by atoms with Crippen LogP contribution in [0.2, 0.25) is 0 Å². The molecule has 0 saturated carbocycles. The van der Waals surface area contributed by atoms with E-state index in [-0.39, 0.29) is 30.2 Å². The van der Waals surface area contributed by atoms with Gasteiger partial charge in [0.2, 0.25) is 5.91 Å². The van der Waals surface area contributed by atoms with Gasteiger partial charge in [-0.15, -0.1) is 11.6 Å². The summed E-state index contributed by atoms with van der Waals surface area (Å²) < 4.78 is 37.0. The van der Waals surface area contributed by atoms with Crippen LogP contribution < -0.4 is 0 Å². The van der Waals surface area contributed by atoms with Crippen molar-refractivity contribution < 1.29 is 23.1 Å². The van der Waals surface area contributed by atoms with Crippen molar-refractivity contribution in [2.45, 2.75) is 12.6 Å². The molecule has 0 bridgehead atoms. The average Bonchev–Trinajstić information content (AvgIpc) is 2.30. The van der Waals surface area contributed by atoms with Crippen molar-refractivity contribution in [3.8, 4) is 5.75 Å². The summed E-state index contributed by atoms with van der Waals surface area (Å²) >= 11 is 5.39. The summed E-state index contributed by atoms with van der Waals surface area (Å²) in [5.41, 5.74) is 0.286. The van der Waals surface area contributed by atoms with E-state index in [9.17, 15) is 23.1 Å². The van der Waals surface area contributed by atoms with E-state index >= 15 is 0 Å². The molecule has 3 nitrogen and oxygen atoms in total. The molecule has 0 aromatic heterocycles. The fourth-order valence-corrected chi connectivity index (χ4v) is 1.75. The molecule has 0 aliphatic carbocycles. The molecule has 0 aliphatic rings. The van der Waals surface area contributed by atoms with Crippen LogP contribution in [-0.4, -0.2) is 41.1 Å². The third-order valence-electron chi connectivity index (χ3n) is 2.41. The molecule has 0 heterocycles. The van der Waals surface area contributed by atoms with Gasteiger partial charge in [0.05, 0.1) is 6.42 Å². The number of benzene rings is 1. The summed E-state index contributed by atoms with van der Waals surface area (Å²) in [5, 5.41) is 9.48. The molecule has 0 radical (unpaired) electrons. The first-order valence-electron chi connectivity index (χ1n) is 5.51. The summed E-state index contributed by atoms with van der Waals surface area (Å²) in [6, 6.07) is 6.02. The van der Waals surface area contributed by atoms with Gasteiger partial charge >= 0.3 is 6.18 Å². The van der Waals surface area contributed by atoms with Gasteiger partial charge < -0.3 is 10.0 Å². The lowest BCUT2D eigenvalue weighted by Crippen LogP contribution is -2.40. The molecule has 1 aromatic rings. The predicted molar refractivity (Wildman–Crippen MR) is 65.2 cm³/mol. The molecular weight excluding hydrogens is 283 g/mol. The second-order valence-corrected chi connectivity index (χ2v) is 4.30. The molecule has 0 spiro atoms. The number of halogens is 4. The number of phenols is 1. The van der Waals surface area contributed by atoms with Gasteiger partial charge in [-0.1, -0.05) is 18.2 Å². The number of nitrogens with zero attached hydrogens (tertiary/aromatic N) is 1. The minimum absolute atomic E-state index is 0.0808. The highest BCUT2D eigenvalue weighted by Gasteiger charge is 2.32. The Kier molecular flexibility index (Phi) is 5.47. The van der Waals surface area contributed by atoms with E-state index in [2.05, 4.69) is 0 Å². The molecule has 1 N–H and O–H groups in total. The zero-order chi connectivity index (χ0) is 14.5. The number of carbonyl (C=O) groups is 1. The molecule has 0 aliphatic heterocycles. The lowest BCUT2D eigenvalue weighted by atomic mass is 10.1. The highest BCUT2D eigenvalue weighted by Crippen LogP contribution is 2.20. The van der Waals surface area contributed by atoms with Crippen LogP contribution in [0.4, 0.5) is 13.2 Å². The smallest absolute Gasteiger partial charge is 0.406 e. The Labute approximate surface area is 113 Å². The predicted octanol–water partition coefficient (Wildman–Crippen LogP) is 2.56. The van der Waals surface area contributed by atoms with E-state index in [1.165, 1.54) is 12.1 Å². The number of para-hydroxylation sites is 1. The van der Waals surface area contributed by atoms with Gasteiger partial charge in [0, 0.05) is 18.0 Å². The normalized spacial score (nSPS) is 11.4. The fraction of sp³-hybridized carbons (Fsp3) is 0.417. The van der Waals surface area contributed by atoms with Crippen molar-refractivity contribution >= 4 is 17.5 Å². The second-order valence-electron chi connectivity index (χ2n) is 3.92. The first kappa shape index (κ1) is 15.6. The molecule has 1 amide bonds. The van der Waals surface area contributed by atoms with Crippen LogP contribution in [0.25, 0.3) is 0 Å². The number of hydrogen-bond donors (Lipinski definition) is 1. The Morgan fingerprint density at radius 1 is 1.32 bits per heavy atom. The number of hydrogen-bond acceptors (Lipinski definition) is 2. The number of alkyl halides is 4. The lowest BCUT2D eigenvalue weighted by molar-refractivity contribution is -0.160. The molecule has 0 fully saturated rings. The third kappa shape index (κ3) is 5.38. The van der Waals surface area contributed by atoms with Crippen molar-refractivity contribution in [2.75, 3.05) is 19.0 Å². The molecule has 0 unspecified atom stereocenters. The summed E-state index contributed by atoms with van der Waals surface area (Å²) in [4.78, 5) is 12.4. The van der Waals surface area contributed by atoms with Crippen molar-refractivity contribution in [2.24, 2.45) is 0 Å². The molecule has 19 heavy (non-hydrogen) atoms. The Morgan fingerprint density at radius 3 is 2.47 bits per heavy atom. The zero-order valence-corrected chi connectivity index (χ0v) is 10.7. The van der Waals surface area contributed by atoms with E-state index in [1.54, 1.807) is 12.1 Å². The largest absolute Gasteiger partial charge is 0.508 e. The van der Waals surface area contributed by atoms with Gasteiger partial charge in [-0.2, -0.15) is 13.2 Å². The molecule has 0 atom stereocenters. The maximum atomic E-state index is 12.3. The number of phenolic OH excluding ortho intramolecular Hbond substituents is 1. The van der Waals surface area contributed by atoms with Crippen LogP contribution in [0, 0.1) is 0 Å². The van der Waals surface area contributed by atoms with E-state index in [0.29, 0.717) is 4.90 Å². The van der Waals surface area contributed by atoms with Crippen LogP contribution in [0.15, 0.2) is 24.3 Å². The average molecular weight is 296 g/mol. The summed E-state index contributed by atoms with van der Waals surface area (Å²) in [7, 11) is 0. The second kappa shape index (κ2) is 6.65. The molecule has 106 valence electrons. The zero-order valence-electron chi connectivity index (χ0n) is 9.95. The number of rotatable bonds is 5. The van der Waals surface area contributed by atoms with Gasteiger partial charge in [-0.05, 0) is 6.07 Å². The Morgan fingerprint density at radius 2 is 1.95 bits per heavy atom. The molecule has 1 aromatic carbocycles. The first-order valence-corrected chi connectivity index (χ1v) is 6.04. The minimum atomic E-state index is -4.47. The SMILES string of the molecule is O=C(Cc1ccccc1O)N(CCCl)CC(F)(F)F. The van der Waals surface area contributed by atoms with Gasteiger partial charge in [0.25, 0.3) is 0 Å². The quantitative estimate of drug-likeness (QED) is 0.848. The van der Waals surface area contributed by atoms with Crippen molar-refractivity contribution in [3.05, 3.63) is 29.8 Å². The van der Waals surface area contributed by atoms with Crippen molar-refractivity contribution in [3.63, 3.8) is 0 Å². The fourth-order valence-electron chi connectivity index (χ4n) is 1.55. The van der Waals surface area contributed by atoms with Gasteiger partial charge in [0.15, 0.2) is 0 Å². The Bertz CT molecular complexity index is 437. The Balaban J connectivity index is 2.75. The van der Waals surface area contributed by atoms with E-state index in [0.717, 1.165) is 0 Å². The molecule has 1 rings (SSSR count). The van der Waals surface area contributed by atoms with Gasteiger partial charge in [0.1, 0.15) is 12.3 Å². The van der Waals surface area contributed by atoms with Gasteiger partial charge in [-0.3, -0.25) is 4.79 Å².